The first-order valence-corrected chi connectivity index (χ1v) is 15.8. The average molecular weight is 607 g/mol. The maximum atomic E-state index is 13.2. The SMILES string of the molecule is C=C(CCNCC(C)C)C/C(C(=C)C)=C(C(=C/C(C)C1=CC(Cl)=CC=C=C1C)\CC(=C)C(=O)COC(C)CC)/C(C)=N\C. The quantitative estimate of drug-likeness (QED) is 0.0398. The van der Waals surface area contributed by atoms with Gasteiger partial charge in [-0.1, -0.05) is 76.3 Å². The van der Waals surface area contributed by atoms with Crippen LogP contribution in [0, 0.1) is 11.8 Å². The second-order valence-corrected chi connectivity index (χ2v) is 12.5. The average Bonchev–Trinajstić information content (AvgIpc) is 3.12. The van der Waals surface area contributed by atoms with Crippen LogP contribution in [0.25, 0.3) is 0 Å². The van der Waals surface area contributed by atoms with Gasteiger partial charge in [-0.05, 0) is 112 Å². The van der Waals surface area contributed by atoms with Crippen molar-refractivity contribution in [1.82, 2.24) is 5.32 Å². The van der Waals surface area contributed by atoms with Crippen LogP contribution in [-0.2, 0) is 9.53 Å². The van der Waals surface area contributed by atoms with Crippen molar-refractivity contribution in [2.24, 2.45) is 16.8 Å². The molecule has 0 aromatic heterocycles. The Morgan fingerprint density at radius 2 is 1.84 bits per heavy atom. The number of hydrogen-bond acceptors (Lipinski definition) is 4. The molecular weight excluding hydrogens is 552 g/mol. The Morgan fingerprint density at radius 1 is 1.16 bits per heavy atom. The molecule has 5 heteroatoms. The molecular formula is C38H55ClN2O2. The Bertz CT molecular complexity index is 1260. The smallest absolute Gasteiger partial charge is 0.184 e. The van der Waals surface area contributed by atoms with Crippen LogP contribution in [-0.4, -0.2) is 44.3 Å². The number of carbonyl (C=O) groups excluding carboxylic acids is 1. The number of aliphatic imine (C=N–C) groups is 1. The molecule has 1 aliphatic carbocycles. The zero-order valence-corrected chi connectivity index (χ0v) is 29.0. The summed E-state index contributed by atoms with van der Waals surface area (Å²) in [6, 6.07) is 0. The third kappa shape index (κ3) is 13.6. The minimum Gasteiger partial charge on any atom is -0.370 e. The lowest BCUT2D eigenvalue weighted by Crippen LogP contribution is -2.21. The Labute approximate surface area is 267 Å². The Kier molecular flexibility index (Phi) is 17.4. The number of halogens is 1. The van der Waals surface area contributed by atoms with E-state index in [0.717, 1.165) is 70.7 Å². The van der Waals surface area contributed by atoms with Crippen molar-refractivity contribution in [2.75, 3.05) is 26.7 Å². The van der Waals surface area contributed by atoms with E-state index in [1.165, 1.54) is 0 Å². The first kappa shape index (κ1) is 38.3. The standard InChI is InChI=1S/C38H55ClN2O2/c1-13-31(10)43-24-37(42)30(9)21-33(20-29(8)36-22-34(39)16-14-15-28(36)7)38(32(11)40-12)35(26(4)5)19-27(6)17-18-41-23-25(2)3/h14,16,20,22,25,29,31,41H,4,6,9,13,17-19,21,23-24H2,1-3,5,7-8,10-12H3/b33-20-,38-35+,40-32-. The van der Waals surface area contributed by atoms with Crippen molar-refractivity contribution in [3.63, 3.8) is 0 Å². The normalized spacial score (nSPS) is 16.1. The molecule has 0 saturated carbocycles. The van der Waals surface area contributed by atoms with Crippen LogP contribution in [0.1, 0.15) is 81.1 Å². The largest absolute Gasteiger partial charge is 0.370 e. The molecule has 0 aromatic rings. The molecule has 1 aliphatic rings. The molecule has 0 saturated heterocycles. The molecule has 0 bridgehead atoms. The summed E-state index contributed by atoms with van der Waals surface area (Å²) >= 11 is 6.47. The van der Waals surface area contributed by atoms with Gasteiger partial charge in [-0.15, -0.1) is 5.73 Å². The highest BCUT2D eigenvalue weighted by Crippen LogP contribution is 2.34. The van der Waals surface area contributed by atoms with Crippen molar-refractivity contribution in [3.8, 4) is 0 Å². The highest BCUT2D eigenvalue weighted by atomic mass is 35.5. The minimum absolute atomic E-state index is 0.00978. The molecule has 0 spiro atoms. The molecule has 2 unspecified atom stereocenters. The summed E-state index contributed by atoms with van der Waals surface area (Å²) in [5, 5.41) is 4.16. The number of nitrogens with zero attached hydrogens (tertiary/aromatic N) is 1. The molecule has 0 aliphatic heterocycles. The van der Waals surface area contributed by atoms with Crippen molar-refractivity contribution in [1.29, 1.82) is 0 Å². The monoisotopic (exact) mass is 606 g/mol. The van der Waals surface area contributed by atoms with Crippen molar-refractivity contribution >= 4 is 23.1 Å². The summed E-state index contributed by atoms with van der Waals surface area (Å²) < 4.78 is 5.76. The van der Waals surface area contributed by atoms with Crippen molar-refractivity contribution < 1.29 is 9.53 Å². The number of allylic oxidation sites excluding steroid dienone is 10. The minimum atomic E-state index is -0.0968. The second kappa shape index (κ2) is 19.5. The third-order valence-electron chi connectivity index (χ3n) is 7.55. The maximum Gasteiger partial charge on any atom is 0.184 e. The molecule has 1 N–H and O–H groups in total. The van der Waals surface area contributed by atoms with Gasteiger partial charge in [0.05, 0.1) is 6.10 Å². The summed E-state index contributed by atoms with van der Waals surface area (Å²) in [4.78, 5) is 17.8. The van der Waals surface area contributed by atoms with Crippen LogP contribution in [0.2, 0.25) is 0 Å². The third-order valence-corrected chi connectivity index (χ3v) is 7.79. The Balaban J connectivity index is 3.69. The lowest BCUT2D eigenvalue weighted by Gasteiger charge is -2.23. The fourth-order valence-electron chi connectivity index (χ4n) is 4.70. The van der Waals surface area contributed by atoms with Gasteiger partial charge in [0.2, 0.25) is 0 Å². The van der Waals surface area contributed by atoms with Gasteiger partial charge in [-0.25, -0.2) is 0 Å². The zero-order chi connectivity index (χ0) is 32.7. The molecule has 2 atom stereocenters. The fraction of sp³-hybridized carbons (Fsp3) is 0.500. The van der Waals surface area contributed by atoms with E-state index in [-0.39, 0.29) is 24.4 Å². The first-order valence-electron chi connectivity index (χ1n) is 15.5. The van der Waals surface area contributed by atoms with E-state index in [9.17, 15) is 4.79 Å². The molecule has 0 heterocycles. The van der Waals surface area contributed by atoms with Crippen LogP contribution >= 0.6 is 11.6 Å². The van der Waals surface area contributed by atoms with Crippen molar-refractivity contribution in [2.45, 2.75) is 87.2 Å². The van der Waals surface area contributed by atoms with Gasteiger partial charge in [-0.3, -0.25) is 9.79 Å². The molecule has 4 nitrogen and oxygen atoms in total. The van der Waals surface area contributed by atoms with Gasteiger partial charge < -0.3 is 10.1 Å². The number of ether oxygens (including phenoxy) is 1. The van der Waals surface area contributed by atoms with Gasteiger partial charge in [0.15, 0.2) is 5.78 Å². The number of ketones is 1. The highest BCUT2D eigenvalue weighted by Gasteiger charge is 2.22. The van der Waals surface area contributed by atoms with E-state index in [1.54, 1.807) is 7.05 Å². The summed E-state index contributed by atoms with van der Waals surface area (Å²) in [5.41, 5.74) is 11.9. The summed E-state index contributed by atoms with van der Waals surface area (Å²) in [6.07, 6.45) is 10.6. The molecule has 1 rings (SSSR count). The topological polar surface area (TPSA) is 50.7 Å². The van der Waals surface area contributed by atoms with E-state index in [0.29, 0.717) is 29.4 Å². The van der Waals surface area contributed by atoms with Gasteiger partial charge >= 0.3 is 0 Å². The van der Waals surface area contributed by atoms with Gasteiger partial charge in [-0.2, -0.15) is 0 Å². The van der Waals surface area contributed by atoms with E-state index in [4.69, 9.17) is 16.3 Å². The Morgan fingerprint density at radius 3 is 2.42 bits per heavy atom. The lowest BCUT2D eigenvalue weighted by molar-refractivity contribution is -0.121. The molecule has 0 fully saturated rings. The van der Waals surface area contributed by atoms with Gasteiger partial charge in [0.1, 0.15) is 6.61 Å². The summed E-state index contributed by atoms with van der Waals surface area (Å²) in [7, 11) is 1.80. The van der Waals surface area contributed by atoms with E-state index >= 15 is 0 Å². The summed E-state index contributed by atoms with van der Waals surface area (Å²) in [5.74, 6) is 0.475. The fourth-order valence-corrected chi connectivity index (χ4v) is 4.88. The first-order chi connectivity index (χ1) is 20.2. The highest BCUT2D eigenvalue weighted by molar-refractivity contribution is 6.31. The van der Waals surface area contributed by atoms with Gasteiger partial charge in [0.25, 0.3) is 0 Å². The number of rotatable bonds is 19. The lowest BCUT2D eigenvalue weighted by atomic mass is 9.82. The molecule has 0 aromatic carbocycles. The number of nitrogens with one attached hydrogen (secondary N) is 1. The maximum absolute atomic E-state index is 13.2. The predicted octanol–water partition coefficient (Wildman–Crippen LogP) is 9.59. The summed E-state index contributed by atoms with van der Waals surface area (Å²) in [6.45, 7) is 31.5. The Hall–Kier alpha value is -2.75. The number of Topliss-reactive ketones (excluding diaryl/α,β-unsaturated/α-hetero) is 1. The van der Waals surface area contributed by atoms with E-state index in [1.807, 2.05) is 52.8 Å². The number of carbonyl (C=O) groups is 1. The van der Waals surface area contributed by atoms with Crippen LogP contribution < -0.4 is 5.32 Å². The van der Waals surface area contributed by atoms with Crippen LogP contribution in [0.15, 0.2) is 104 Å². The van der Waals surface area contributed by atoms with E-state index < -0.39 is 0 Å². The van der Waals surface area contributed by atoms with Crippen LogP contribution in [0.3, 0.4) is 0 Å². The number of hydrogen-bond donors (Lipinski definition) is 1. The van der Waals surface area contributed by atoms with Crippen molar-refractivity contribution in [3.05, 3.63) is 99.4 Å². The van der Waals surface area contributed by atoms with E-state index in [2.05, 4.69) is 62.6 Å². The molecule has 0 amide bonds. The molecule has 0 radical (unpaired) electrons. The second-order valence-electron chi connectivity index (χ2n) is 12.0. The van der Waals surface area contributed by atoms with Crippen LogP contribution in [0.4, 0.5) is 0 Å². The molecule has 43 heavy (non-hydrogen) atoms. The van der Waals surface area contributed by atoms with Gasteiger partial charge in [0, 0.05) is 35.7 Å². The zero-order valence-electron chi connectivity index (χ0n) is 28.3. The molecule has 236 valence electrons. The predicted molar refractivity (Wildman–Crippen MR) is 188 cm³/mol. The van der Waals surface area contributed by atoms with Crippen LogP contribution in [0.5, 0.6) is 0 Å².